The van der Waals surface area contributed by atoms with E-state index in [1.54, 1.807) is 4.90 Å². The Morgan fingerprint density at radius 2 is 2.19 bits per heavy atom. The number of ether oxygens (including phenoxy) is 2. The summed E-state index contributed by atoms with van der Waals surface area (Å²) in [4.78, 5) is 13.1. The lowest BCUT2D eigenvalue weighted by Gasteiger charge is -2.31. The molecule has 1 aromatic rings. The molecule has 1 saturated heterocycles. The molecule has 1 amide bonds. The number of carbonyl (C=O) groups is 1. The van der Waals surface area contributed by atoms with E-state index in [0.29, 0.717) is 13.2 Å². The third kappa shape index (κ3) is 1.50. The molecule has 0 spiro atoms. The van der Waals surface area contributed by atoms with Gasteiger partial charge in [-0.15, -0.1) is 0 Å². The smallest absolute Gasteiger partial charge is 0.412 e. The Bertz CT molecular complexity index is 418. The van der Waals surface area contributed by atoms with E-state index in [9.17, 15) is 4.79 Å². The van der Waals surface area contributed by atoms with E-state index in [0.717, 1.165) is 18.6 Å². The van der Waals surface area contributed by atoms with Crippen LogP contribution in [-0.4, -0.2) is 30.4 Å². The SMILES string of the molecule is O=C1OCCN1C1CCc2ccccc2O1. The zero-order valence-electron chi connectivity index (χ0n) is 8.89. The van der Waals surface area contributed by atoms with Gasteiger partial charge in [0, 0.05) is 6.42 Å². The van der Waals surface area contributed by atoms with E-state index in [2.05, 4.69) is 6.07 Å². The molecule has 1 atom stereocenters. The lowest BCUT2D eigenvalue weighted by molar-refractivity contribution is 0.0419. The van der Waals surface area contributed by atoms with Crippen molar-refractivity contribution in [1.29, 1.82) is 0 Å². The van der Waals surface area contributed by atoms with Crippen LogP contribution in [0.1, 0.15) is 12.0 Å². The molecule has 2 aliphatic rings. The standard InChI is InChI=1S/C12H13NO3/c14-12-13(7-8-15-12)11-6-5-9-3-1-2-4-10(9)16-11/h1-4,11H,5-8H2. The van der Waals surface area contributed by atoms with Crippen molar-refractivity contribution in [1.82, 2.24) is 4.90 Å². The molecular formula is C12H13NO3. The normalized spacial score (nSPS) is 23.6. The molecule has 4 heteroatoms. The fourth-order valence-electron chi connectivity index (χ4n) is 2.20. The Morgan fingerprint density at radius 1 is 1.31 bits per heavy atom. The maximum absolute atomic E-state index is 11.4. The van der Waals surface area contributed by atoms with Crippen LogP contribution in [0.25, 0.3) is 0 Å². The molecule has 1 unspecified atom stereocenters. The van der Waals surface area contributed by atoms with Crippen LogP contribution >= 0.6 is 0 Å². The van der Waals surface area contributed by atoms with Gasteiger partial charge in [0.15, 0.2) is 6.23 Å². The minimum absolute atomic E-state index is 0.162. The predicted octanol–water partition coefficient (Wildman–Crippen LogP) is 1.79. The third-order valence-electron chi connectivity index (χ3n) is 3.04. The second-order valence-electron chi connectivity index (χ2n) is 4.03. The van der Waals surface area contributed by atoms with E-state index in [1.165, 1.54) is 5.56 Å². The first-order chi connectivity index (χ1) is 7.84. The first-order valence-corrected chi connectivity index (χ1v) is 5.52. The van der Waals surface area contributed by atoms with Crippen LogP contribution in [0.3, 0.4) is 0 Å². The molecule has 3 rings (SSSR count). The number of carbonyl (C=O) groups excluding carboxylic acids is 1. The Kier molecular flexibility index (Phi) is 2.20. The molecular weight excluding hydrogens is 206 g/mol. The maximum Gasteiger partial charge on any atom is 0.412 e. The summed E-state index contributed by atoms with van der Waals surface area (Å²) in [6.45, 7) is 1.10. The summed E-state index contributed by atoms with van der Waals surface area (Å²) in [6.07, 6.45) is 1.37. The highest BCUT2D eigenvalue weighted by Crippen LogP contribution is 2.29. The quantitative estimate of drug-likeness (QED) is 0.722. The summed E-state index contributed by atoms with van der Waals surface area (Å²) in [5, 5.41) is 0. The molecule has 84 valence electrons. The highest BCUT2D eigenvalue weighted by atomic mass is 16.6. The van der Waals surface area contributed by atoms with Crippen molar-refractivity contribution >= 4 is 6.09 Å². The summed E-state index contributed by atoms with van der Waals surface area (Å²) in [5.74, 6) is 0.887. The van der Waals surface area contributed by atoms with Gasteiger partial charge >= 0.3 is 6.09 Å². The molecule has 4 nitrogen and oxygen atoms in total. The average molecular weight is 219 g/mol. The van der Waals surface area contributed by atoms with Crippen molar-refractivity contribution < 1.29 is 14.3 Å². The summed E-state index contributed by atoms with van der Waals surface area (Å²) in [6, 6.07) is 7.97. The van der Waals surface area contributed by atoms with Crippen molar-refractivity contribution in [2.75, 3.05) is 13.2 Å². The number of nitrogens with zero attached hydrogens (tertiary/aromatic N) is 1. The van der Waals surface area contributed by atoms with E-state index in [4.69, 9.17) is 9.47 Å². The first-order valence-electron chi connectivity index (χ1n) is 5.52. The molecule has 2 aliphatic heterocycles. The number of hydrogen-bond donors (Lipinski definition) is 0. The Balaban J connectivity index is 1.80. The number of fused-ring (bicyclic) bond motifs is 1. The molecule has 0 N–H and O–H groups in total. The molecule has 0 aliphatic carbocycles. The minimum Gasteiger partial charge on any atom is -0.470 e. The monoisotopic (exact) mass is 219 g/mol. The number of amides is 1. The van der Waals surface area contributed by atoms with Gasteiger partial charge < -0.3 is 9.47 Å². The number of benzene rings is 1. The van der Waals surface area contributed by atoms with Gasteiger partial charge in [-0.3, -0.25) is 4.90 Å². The zero-order chi connectivity index (χ0) is 11.0. The second kappa shape index (κ2) is 3.70. The number of aryl methyl sites for hydroxylation is 1. The summed E-state index contributed by atoms with van der Waals surface area (Å²) < 4.78 is 10.7. The Hall–Kier alpha value is -1.71. The molecule has 0 radical (unpaired) electrons. The van der Waals surface area contributed by atoms with Gasteiger partial charge in [0.2, 0.25) is 0 Å². The van der Waals surface area contributed by atoms with Crippen molar-refractivity contribution in [2.24, 2.45) is 0 Å². The van der Waals surface area contributed by atoms with Gasteiger partial charge in [0.1, 0.15) is 12.4 Å². The fourth-order valence-corrected chi connectivity index (χ4v) is 2.20. The lowest BCUT2D eigenvalue weighted by Crippen LogP contribution is -2.42. The highest BCUT2D eigenvalue weighted by molar-refractivity contribution is 5.69. The van der Waals surface area contributed by atoms with Gasteiger partial charge in [0.05, 0.1) is 6.54 Å². The van der Waals surface area contributed by atoms with Crippen molar-refractivity contribution in [3.8, 4) is 5.75 Å². The van der Waals surface area contributed by atoms with Crippen LogP contribution in [-0.2, 0) is 11.2 Å². The number of cyclic esters (lactones) is 1. The van der Waals surface area contributed by atoms with Crippen LogP contribution in [0.15, 0.2) is 24.3 Å². The van der Waals surface area contributed by atoms with Crippen LogP contribution in [0.2, 0.25) is 0 Å². The average Bonchev–Trinajstić information content (AvgIpc) is 2.75. The summed E-state index contributed by atoms with van der Waals surface area (Å²) >= 11 is 0. The van der Waals surface area contributed by atoms with Crippen molar-refractivity contribution in [3.63, 3.8) is 0 Å². The van der Waals surface area contributed by atoms with Gasteiger partial charge in [-0.1, -0.05) is 18.2 Å². The summed E-state index contributed by atoms with van der Waals surface area (Å²) in [5.41, 5.74) is 1.21. The lowest BCUT2D eigenvalue weighted by atomic mass is 10.0. The predicted molar refractivity (Wildman–Crippen MR) is 57.2 cm³/mol. The number of rotatable bonds is 1. The van der Waals surface area contributed by atoms with Gasteiger partial charge in [0.25, 0.3) is 0 Å². The van der Waals surface area contributed by atoms with E-state index in [-0.39, 0.29) is 12.3 Å². The van der Waals surface area contributed by atoms with Crippen molar-refractivity contribution in [2.45, 2.75) is 19.1 Å². The zero-order valence-corrected chi connectivity index (χ0v) is 8.89. The molecule has 2 heterocycles. The van der Waals surface area contributed by atoms with Gasteiger partial charge in [-0.25, -0.2) is 4.79 Å². The summed E-state index contributed by atoms with van der Waals surface area (Å²) in [7, 11) is 0. The molecule has 0 saturated carbocycles. The molecule has 1 aromatic carbocycles. The third-order valence-corrected chi connectivity index (χ3v) is 3.04. The Morgan fingerprint density at radius 3 is 3.00 bits per heavy atom. The highest BCUT2D eigenvalue weighted by Gasteiger charge is 2.33. The second-order valence-corrected chi connectivity index (χ2v) is 4.03. The number of para-hydroxylation sites is 1. The van der Waals surface area contributed by atoms with Crippen molar-refractivity contribution in [3.05, 3.63) is 29.8 Å². The van der Waals surface area contributed by atoms with Crippen LogP contribution in [0.5, 0.6) is 5.75 Å². The maximum atomic E-state index is 11.4. The Labute approximate surface area is 93.8 Å². The van der Waals surface area contributed by atoms with Gasteiger partial charge in [-0.2, -0.15) is 0 Å². The molecule has 0 aromatic heterocycles. The fraction of sp³-hybridized carbons (Fsp3) is 0.417. The van der Waals surface area contributed by atoms with Crippen LogP contribution < -0.4 is 4.74 Å². The molecule has 0 bridgehead atoms. The largest absolute Gasteiger partial charge is 0.470 e. The van der Waals surface area contributed by atoms with E-state index < -0.39 is 0 Å². The van der Waals surface area contributed by atoms with Gasteiger partial charge in [-0.05, 0) is 18.1 Å². The molecule has 1 fully saturated rings. The van der Waals surface area contributed by atoms with E-state index >= 15 is 0 Å². The number of hydrogen-bond acceptors (Lipinski definition) is 3. The minimum atomic E-state index is -0.260. The first kappa shape index (κ1) is 9.51. The van der Waals surface area contributed by atoms with E-state index in [1.807, 2.05) is 18.2 Å². The molecule has 16 heavy (non-hydrogen) atoms. The van der Waals surface area contributed by atoms with Crippen LogP contribution in [0, 0.1) is 0 Å². The van der Waals surface area contributed by atoms with Crippen LogP contribution in [0.4, 0.5) is 4.79 Å². The topological polar surface area (TPSA) is 38.8 Å².